The van der Waals surface area contributed by atoms with Gasteiger partial charge in [0, 0.05) is 11.5 Å². The van der Waals surface area contributed by atoms with Gasteiger partial charge in [-0.05, 0) is 5.53 Å². The van der Waals surface area contributed by atoms with Gasteiger partial charge in [-0.15, -0.1) is 0 Å². The lowest BCUT2D eigenvalue weighted by atomic mass is 10.6. The monoisotopic (exact) mass is 128 g/mol. The first-order valence-electron chi connectivity index (χ1n) is 2.79. The smallest absolute Gasteiger partial charge is 0.113 e. The number of nitrogens with zero attached hydrogens (tertiary/aromatic N) is 3. The van der Waals surface area contributed by atoms with E-state index in [1.54, 1.807) is 0 Å². The molecule has 1 N–H and O–H groups in total. The molecule has 0 aromatic rings. The molecule has 0 aromatic heterocycles. The van der Waals surface area contributed by atoms with Gasteiger partial charge in [-0.3, -0.25) is 5.32 Å². The SMILES string of the molecule is [N-]=[N+]=NCC1NCCO1. The molecule has 0 spiro atoms. The number of ether oxygens (including phenoxy) is 1. The second kappa shape index (κ2) is 3.29. The van der Waals surface area contributed by atoms with Crippen molar-refractivity contribution in [2.75, 3.05) is 19.7 Å². The van der Waals surface area contributed by atoms with Gasteiger partial charge >= 0.3 is 0 Å². The lowest BCUT2D eigenvalue weighted by Crippen LogP contribution is -2.25. The molecule has 9 heavy (non-hydrogen) atoms. The quantitative estimate of drug-likeness (QED) is 0.329. The Morgan fingerprint density at radius 1 is 1.89 bits per heavy atom. The van der Waals surface area contributed by atoms with E-state index < -0.39 is 0 Å². The summed E-state index contributed by atoms with van der Waals surface area (Å²) in [6, 6.07) is 0. The van der Waals surface area contributed by atoms with Crippen LogP contribution >= 0.6 is 0 Å². The van der Waals surface area contributed by atoms with Crippen LogP contribution < -0.4 is 5.32 Å². The summed E-state index contributed by atoms with van der Waals surface area (Å²) < 4.78 is 5.08. The van der Waals surface area contributed by atoms with Crippen LogP contribution in [0.25, 0.3) is 10.4 Å². The topological polar surface area (TPSA) is 70.0 Å². The van der Waals surface area contributed by atoms with Crippen molar-refractivity contribution >= 4 is 0 Å². The van der Waals surface area contributed by atoms with Crippen molar-refractivity contribution in [3.05, 3.63) is 10.4 Å². The minimum Gasteiger partial charge on any atom is -0.362 e. The Balaban J connectivity index is 2.18. The molecule has 0 aliphatic carbocycles. The predicted molar refractivity (Wildman–Crippen MR) is 31.8 cm³/mol. The van der Waals surface area contributed by atoms with Crippen LogP contribution in [-0.2, 0) is 4.74 Å². The molecule has 1 fully saturated rings. The highest BCUT2D eigenvalue weighted by atomic mass is 16.5. The van der Waals surface area contributed by atoms with E-state index in [4.69, 9.17) is 10.3 Å². The molecule has 1 saturated heterocycles. The van der Waals surface area contributed by atoms with Gasteiger partial charge in [0.05, 0.1) is 13.2 Å². The zero-order valence-electron chi connectivity index (χ0n) is 4.95. The summed E-state index contributed by atoms with van der Waals surface area (Å²) >= 11 is 0. The van der Waals surface area contributed by atoms with Gasteiger partial charge in [0.15, 0.2) is 0 Å². The molecule has 1 aliphatic rings. The highest BCUT2D eigenvalue weighted by molar-refractivity contribution is 4.64. The Morgan fingerprint density at radius 2 is 2.78 bits per heavy atom. The van der Waals surface area contributed by atoms with E-state index >= 15 is 0 Å². The molecule has 0 radical (unpaired) electrons. The Morgan fingerprint density at radius 3 is 3.33 bits per heavy atom. The normalized spacial score (nSPS) is 25.6. The van der Waals surface area contributed by atoms with Crippen molar-refractivity contribution in [2.24, 2.45) is 5.11 Å². The molecule has 0 amide bonds. The van der Waals surface area contributed by atoms with Crippen molar-refractivity contribution < 1.29 is 4.74 Å². The Hall–Kier alpha value is -0.770. The third-order valence-electron chi connectivity index (χ3n) is 1.10. The van der Waals surface area contributed by atoms with Gasteiger partial charge < -0.3 is 4.74 Å². The second-order valence-electron chi connectivity index (χ2n) is 1.73. The first-order valence-corrected chi connectivity index (χ1v) is 2.79. The van der Waals surface area contributed by atoms with Gasteiger partial charge in [0.25, 0.3) is 0 Å². The van der Waals surface area contributed by atoms with Crippen LogP contribution in [0.15, 0.2) is 5.11 Å². The van der Waals surface area contributed by atoms with Crippen LogP contribution in [0.2, 0.25) is 0 Å². The molecular weight excluding hydrogens is 120 g/mol. The highest BCUT2D eigenvalue weighted by Gasteiger charge is 2.11. The highest BCUT2D eigenvalue weighted by Crippen LogP contribution is 1.94. The number of azide groups is 1. The molecule has 5 heteroatoms. The van der Waals surface area contributed by atoms with Crippen molar-refractivity contribution in [1.29, 1.82) is 0 Å². The fourth-order valence-corrected chi connectivity index (χ4v) is 0.708. The summed E-state index contributed by atoms with van der Waals surface area (Å²) in [5.41, 5.74) is 7.90. The van der Waals surface area contributed by atoms with Crippen LogP contribution in [0.3, 0.4) is 0 Å². The Labute approximate surface area is 52.6 Å². The minimum absolute atomic E-state index is 0.0547. The van der Waals surface area contributed by atoms with E-state index in [1.165, 1.54) is 0 Å². The van der Waals surface area contributed by atoms with Crippen molar-refractivity contribution in [2.45, 2.75) is 6.23 Å². The molecule has 50 valence electrons. The van der Waals surface area contributed by atoms with Gasteiger partial charge in [-0.25, -0.2) is 0 Å². The van der Waals surface area contributed by atoms with E-state index in [0.717, 1.165) is 6.54 Å². The first kappa shape index (κ1) is 6.35. The van der Waals surface area contributed by atoms with Crippen LogP contribution in [0, 0.1) is 0 Å². The molecule has 1 atom stereocenters. The third kappa shape index (κ3) is 1.89. The number of hydrogen-bond acceptors (Lipinski definition) is 3. The number of nitrogens with one attached hydrogen (secondary N) is 1. The van der Waals surface area contributed by atoms with Gasteiger partial charge in [-0.2, -0.15) is 0 Å². The fraction of sp³-hybridized carbons (Fsp3) is 1.00. The van der Waals surface area contributed by atoms with Crippen LogP contribution in [0.4, 0.5) is 0 Å². The summed E-state index contributed by atoms with van der Waals surface area (Å²) in [4.78, 5) is 2.60. The third-order valence-corrected chi connectivity index (χ3v) is 1.10. The van der Waals surface area contributed by atoms with E-state index in [-0.39, 0.29) is 6.23 Å². The zero-order valence-corrected chi connectivity index (χ0v) is 4.95. The van der Waals surface area contributed by atoms with Gasteiger partial charge in [0.1, 0.15) is 6.23 Å². The Kier molecular flexibility index (Phi) is 2.32. The van der Waals surface area contributed by atoms with Crippen molar-refractivity contribution in [3.8, 4) is 0 Å². The Bertz CT molecular complexity index is 125. The van der Waals surface area contributed by atoms with Crippen molar-refractivity contribution in [3.63, 3.8) is 0 Å². The molecule has 1 aliphatic heterocycles. The predicted octanol–water partition coefficient (Wildman–Crippen LogP) is 0.243. The summed E-state index contributed by atoms with van der Waals surface area (Å²) in [5, 5.41) is 6.35. The molecule has 0 saturated carbocycles. The maximum Gasteiger partial charge on any atom is 0.113 e. The molecule has 0 bridgehead atoms. The van der Waals surface area contributed by atoms with E-state index in [0.29, 0.717) is 13.2 Å². The summed E-state index contributed by atoms with van der Waals surface area (Å²) in [5.74, 6) is 0. The average molecular weight is 128 g/mol. The maximum absolute atomic E-state index is 7.90. The summed E-state index contributed by atoms with van der Waals surface area (Å²) in [6.45, 7) is 1.95. The second-order valence-corrected chi connectivity index (χ2v) is 1.73. The standard InChI is InChI=1S/C4H8N4O/c5-8-7-3-4-6-1-2-9-4/h4,6H,1-3H2. The largest absolute Gasteiger partial charge is 0.362 e. The molecular formula is C4H8N4O. The van der Waals surface area contributed by atoms with E-state index in [2.05, 4.69) is 15.3 Å². The first-order chi connectivity index (χ1) is 4.43. The molecule has 1 heterocycles. The van der Waals surface area contributed by atoms with E-state index in [1.807, 2.05) is 0 Å². The van der Waals surface area contributed by atoms with Crippen LogP contribution in [-0.4, -0.2) is 25.9 Å². The number of rotatable bonds is 2. The number of hydrogen-bond donors (Lipinski definition) is 1. The summed E-state index contributed by atoms with van der Waals surface area (Å²) in [6.07, 6.45) is -0.0547. The lowest BCUT2D eigenvalue weighted by Gasteiger charge is -2.02. The van der Waals surface area contributed by atoms with Gasteiger partial charge in [-0.1, -0.05) is 5.11 Å². The maximum atomic E-state index is 7.90. The average Bonchev–Trinajstić information content (AvgIpc) is 2.34. The zero-order chi connectivity index (χ0) is 6.53. The fourth-order valence-electron chi connectivity index (χ4n) is 0.708. The lowest BCUT2D eigenvalue weighted by molar-refractivity contribution is 0.108. The van der Waals surface area contributed by atoms with Crippen molar-refractivity contribution in [1.82, 2.24) is 5.32 Å². The molecule has 0 aromatic carbocycles. The molecule has 1 rings (SSSR count). The van der Waals surface area contributed by atoms with Gasteiger partial charge in [0.2, 0.25) is 0 Å². The van der Waals surface area contributed by atoms with Crippen LogP contribution in [0.5, 0.6) is 0 Å². The molecule has 5 nitrogen and oxygen atoms in total. The van der Waals surface area contributed by atoms with Crippen LogP contribution in [0.1, 0.15) is 0 Å². The minimum atomic E-state index is -0.0547. The van der Waals surface area contributed by atoms with E-state index in [9.17, 15) is 0 Å². The summed E-state index contributed by atoms with van der Waals surface area (Å²) in [7, 11) is 0. The molecule has 1 unspecified atom stereocenters.